The Bertz CT molecular complexity index is 734. The first-order valence-electron chi connectivity index (χ1n) is 9.63. The van der Waals surface area contributed by atoms with Crippen LogP contribution < -0.4 is 4.90 Å². The third-order valence-electron chi connectivity index (χ3n) is 5.51. The van der Waals surface area contributed by atoms with E-state index in [0.29, 0.717) is 5.92 Å². The fraction of sp³-hybridized carbons (Fsp3) is 0.409. The first kappa shape index (κ1) is 17.2. The van der Waals surface area contributed by atoms with Crippen LogP contribution in [0.3, 0.4) is 0 Å². The van der Waals surface area contributed by atoms with Crippen LogP contribution in [0.2, 0.25) is 0 Å². The molecule has 1 aliphatic heterocycles. The number of hydrogen-bond acceptors (Lipinski definition) is 3. The number of piperazine rings is 1. The second-order valence-electron chi connectivity index (χ2n) is 7.33. The van der Waals surface area contributed by atoms with Crippen LogP contribution in [0.15, 0.2) is 54.7 Å². The molecule has 0 amide bonds. The first-order chi connectivity index (χ1) is 12.8. The van der Waals surface area contributed by atoms with E-state index in [1.807, 2.05) is 24.4 Å². The van der Waals surface area contributed by atoms with Crippen molar-refractivity contribution in [3.63, 3.8) is 0 Å². The first-order valence-corrected chi connectivity index (χ1v) is 9.63. The number of halogens is 1. The predicted molar refractivity (Wildman–Crippen MR) is 105 cm³/mol. The summed E-state index contributed by atoms with van der Waals surface area (Å²) in [6.07, 6.45) is 7.88. The highest BCUT2D eigenvalue weighted by Crippen LogP contribution is 2.30. The normalized spacial score (nSPS) is 21.5. The minimum atomic E-state index is -0.160. The van der Waals surface area contributed by atoms with Crippen LogP contribution in [0.1, 0.15) is 24.8 Å². The number of allylic oxidation sites excluding steroid dienone is 1. The molecule has 0 bridgehead atoms. The number of aromatic nitrogens is 1. The number of pyridine rings is 1. The lowest BCUT2D eigenvalue weighted by Gasteiger charge is -2.37. The molecule has 2 aromatic rings. The summed E-state index contributed by atoms with van der Waals surface area (Å²) >= 11 is 0. The molecule has 0 radical (unpaired) electrons. The summed E-state index contributed by atoms with van der Waals surface area (Å²) in [5.74, 6) is 1.53. The van der Waals surface area contributed by atoms with E-state index in [4.69, 9.17) is 0 Å². The average Bonchev–Trinajstić information content (AvgIpc) is 2.70. The van der Waals surface area contributed by atoms with Crippen molar-refractivity contribution in [2.45, 2.75) is 19.3 Å². The van der Waals surface area contributed by atoms with Gasteiger partial charge in [-0.1, -0.05) is 24.3 Å². The Hall–Kier alpha value is -2.20. The Morgan fingerprint density at radius 2 is 1.81 bits per heavy atom. The smallest absolute Gasteiger partial charge is 0.128 e. The molecule has 1 aromatic heterocycles. The van der Waals surface area contributed by atoms with Crippen LogP contribution in [-0.4, -0.2) is 42.6 Å². The van der Waals surface area contributed by atoms with Crippen LogP contribution in [-0.2, 0) is 0 Å². The molecule has 1 aromatic carbocycles. The van der Waals surface area contributed by atoms with Crippen molar-refractivity contribution in [1.82, 2.24) is 9.88 Å². The quantitative estimate of drug-likeness (QED) is 0.822. The van der Waals surface area contributed by atoms with Gasteiger partial charge in [0.1, 0.15) is 11.6 Å². The molecule has 2 heterocycles. The molecule has 0 N–H and O–H groups in total. The van der Waals surface area contributed by atoms with Crippen molar-refractivity contribution in [2.24, 2.45) is 5.92 Å². The van der Waals surface area contributed by atoms with Gasteiger partial charge in [0.15, 0.2) is 0 Å². The van der Waals surface area contributed by atoms with Crippen molar-refractivity contribution in [1.29, 1.82) is 0 Å². The number of hydrogen-bond donors (Lipinski definition) is 0. The van der Waals surface area contributed by atoms with Gasteiger partial charge >= 0.3 is 0 Å². The Kier molecular flexibility index (Phi) is 5.30. The Balaban J connectivity index is 1.34. The average molecular weight is 351 g/mol. The minimum Gasteiger partial charge on any atom is -0.354 e. The Morgan fingerprint density at radius 3 is 2.54 bits per heavy atom. The molecule has 1 atom stereocenters. The predicted octanol–water partition coefficient (Wildman–Crippen LogP) is 4.23. The van der Waals surface area contributed by atoms with Gasteiger partial charge in [0.2, 0.25) is 0 Å². The lowest BCUT2D eigenvalue weighted by molar-refractivity contribution is 0.227. The molecule has 4 heteroatoms. The van der Waals surface area contributed by atoms with Crippen LogP contribution in [0.25, 0.3) is 5.57 Å². The number of benzene rings is 1. The van der Waals surface area contributed by atoms with Crippen LogP contribution in [0, 0.1) is 11.7 Å². The summed E-state index contributed by atoms with van der Waals surface area (Å²) in [5, 5.41) is 0. The monoisotopic (exact) mass is 351 g/mol. The maximum Gasteiger partial charge on any atom is 0.128 e. The highest BCUT2D eigenvalue weighted by Gasteiger charge is 2.22. The molecule has 1 fully saturated rings. The third-order valence-corrected chi connectivity index (χ3v) is 5.51. The van der Waals surface area contributed by atoms with E-state index < -0.39 is 0 Å². The van der Waals surface area contributed by atoms with Crippen molar-refractivity contribution in [3.05, 3.63) is 66.1 Å². The fourth-order valence-electron chi connectivity index (χ4n) is 4.09. The van der Waals surface area contributed by atoms with E-state index in [2.05, 4.69) is 33.0 Å². The van der Waals surface area contributed by atoms with E-state index in [0.717, 1.165) is 45.0 Å². The summed E-state index contributed by atoms with van der Waals surface area (Å²) in [7, 11) is 0. The van der Waals surface area contributed by atoms with Crippen molar-refractivity contribution in [2.75, 3.05) is 37.6 Å². The van der Waals surface area contributed by atoms with Gasteiger partial charge in [0.05, 0.1) is 0 Å². The summed E-state index contributed by atoms with van der Waals surface area (Å²) in [4.78, 5) is 9.41. The zero-order chi connectivity index (χ0) is 17.8. The maximum absolute atomic E-state index is 13.2. The minimum absolute atomic E-state index is 0.160. The lowest BCUT2D eigenvalue weighted by atomic mass is 9.86. The van der Waals surface area contributed by atoms with Crippen LogP contribution in [0.5, 0.6) is 0 Å². The van der Waals surface area contributed by atoms with Crippen molar-refractivity contribution in [3.8, 4) is 0 Å². The second-order valence-corrected chi connectivity index (χ2v) is 7.33. The van der Waals surface area contributed by atoms with Gasteiger partial charge in [-0.2, -0.15) is 0 Å². The van der Waals surface area contributed by atoms with E-state index in [-0.39, 0.29) is 5.82 Å². The highest BCUT2D eigenvalue weighted by molar-refractivity contribution is 5.66. The van der Waals surface area contributed by atoms with Crippen LogP contribution >= 0.6 is 0 Å². The zero-order valence-electron chi connectivity index (χ0n) is 15.1. The second kappa shape index (κ2) is 8.00. The molecular weight excluding hydrogens is 325 g/mol. The lowest BCUT2D eigenvalue weighted by Crippen LogP contribution is -2.48. The molecule has 4 rings (SSSR count). The van der Waals surface area contributed by atoms with Gasteiger partial charge in [-0.3, -0.25) is 4.90 Å². The van der Waals surface area contributed by atoms with Gasteiger partial charge in [-0.15, -0.1) is 0 Å². The summed E-state index contributed by atoms with van der Waals surface area (Å²) in [5.41, 5.74) is 2.56. The third kappa shape index (κ3) is 4.13. The molecular formula is C22H26FN3. The summed E-state index contributed by atoms with van der Waals surface area (Å²) in [6.45, 7) is 5.39. The van der Waals surface area contributed by atoms with Gasteiger partial charge in [-0.25, -0.2) is 9.37 Å². The number of rotatable bonds is 4. The maximum atomic E-state index is 13.2. The molecule has 1 saturated heterocycles. The molecule has 2 aliphatic rings. The van der Waals surface area contributed by atoms with E-state index in [1.165, 1.54) is 24.0 Å². The molecule has 1 unspecified atom stereocenters. The van der Waals surface area contributed by atoms with E-state index in [9.17, 15) is 4.39 Å². The highest BCUT2D eigenvalue weighted by atomic mass is 19.1. The molecule has 1 aliphatic carbocycles. The van der Waals surface area contributed by atoms with E-state index in [1.54, 1.807) is 12.1 Å². The van der Waals surface area contributed by atoms with Crippen LogP contribution in [0.4, 0.5) is 10.2 Å². The van der Waals surface area contributed by atoms with Gasteiger partial charge in [-0.05, 0) is 60.6 Å². The van der Waals surface area contributed by atoms with Gasteiger partial charge < -0.3 is 4.90 Å². The SMILES string of the molecule is Fc1ccc(C2=CC(CN3CCN(c4ccccn4)CC3)CCC2)cc1. The standard InChI is InChI=1S/C22H26FN3/c23-21-9-7-19(8-10-21)20-5-3-4-18(16-20)17-25-12-14-26(15-13-25)22-6-1-2-11-24-22/h1-2,6-11,16,18H,3-5,12-15,17H2. The van der Waals surface area contributed by atoms with Gasteiger partial charge in [0, 0.05) is 38.9 Å². The topological polar surface area (TPSA) is 19.4 Å². The largest absolute Gasteiger partial charge is 0.354 e. The molecule has 3 nitrogen and oxygen atoms in total. The summed E-state index contributed by atoms with van der Waals surface area (Å²) < 4.78 is 13.2. The molecule has 26 heavy (non-hydrogen) atoms. The number of nitrogens with zero attached hydrogens (tertiary/aromatic N) is 3. The fourth-order valence-corrected chi connectivity index (χ4v) is 4.09. The molecule has 0 saturated carbocycles. The molecule has 136 valence electrons. The van der Waals surface area contributed by atoms with Crippen molar-refractivity contribution >= 4 is 11.4 Å². The molecule has 0 spiro atoms. The summed E-state index contributed by atoms with van der Waals surface area (Å²) in [6, 6.07) is 13.1. The van der Waals surface area contributed by atoms with Gasteiger partial charge in [0.25, 0.3) is 0 Å². The number of anilines is 1. The Morgan fingerprint density at radius 1 is 1.00 bits per heavy atom. The van der Waals surface area contributed by atoms with Crippen molar-refractivity contribution < 1.29 is 4.39 Å². The van der Waals surface area contributed by atoms with E-state index >= 15 is 0 Å². The Labute approximate surface area is 155 Å². The zero-order valence-corrected chi connectivity index (χ0v) is 15.1.